The summed E-state index contributed by atoms with van der Waals surface area (Å²) < 4.78 is 39.9. The number of nitrogens with zero attached hydrogens (tertiary/aromatic N) is 2. The first kappa shape index (κ1) is 18.0. The van der Waals surface area contributed by atoms with Gasteiger partial charge in [0.05, 0.1) is 0 Å². The van der Waals surface area contributed by atoms with Gasteiger partial charge in [-0.05, 0) is 38.3 Å². The van der Waals surface area contributed by atoms with Crippen LogP contribution in [-0.2, 0) is 16.6 Å². The molecule has 0 aliphatic carbocycles. The number of hydrogen-bond acceptors (Lipinski definition) is 4. The van der Waals surface area contributed by atoms with Gasteiger partial charge < -0.3 is 10.2 Å². The van der Waals surface area contributed by atoms with Gasteiger partial charge in [-0.1, -0.05) is 13.0 Å². The molecule has 0 atom stereocenters. The molecular formula is C14H24FN3O2S. The quantitative estimate of drug-likeness (QED) is 0.781. The molecular weight excluding hydrogens is 293 g/mol. The number of hydrogen-bond donors (Lipinski definition) is 1. The molecule has 120 valence electrons. The fourth-order valence-corrected chi connectivity index (χ4v) is 2.96. The number of sulfonamides is 1. The van der Waals surface area contributed by atoms with Gasteiger partial charge in [0, 0.05) is 26.7 Å². The van der Waals surface area contributed by atoms with Crippen molar-refractivity contribution < 1.29 is 12.8 Å². The SMILES string of the molecule is CCNCc1ccc(S(=O)(=O)N(C)CCN(C)C)c(F)c1. The average molecular weight is 317 g/mol. The predicted octanol–water partition coefficient (Wildman–Crippen LogP) is 1.12. The Bertz CT molecular complexity index is 561. The summed E-state index contributed by atoms with van der Waals surface area (Å²) in [5, 5.41) is 3.07. The van der Waals surface area contributed by atoms with E-state index < -0.39 is 15.8 Å². The van der Waals surface area contributed by atoms with Crippen molar-refractivity contribution in [3.63, 3.8) is 0 Å². The molecule has 7 heteroatoms. The summed E-state index contributed by atoms with van der Waals surface area (Å²) in [6.45, 7) is 4.14. The summed E-state index contributed by atoms with van der Waals surface area (Å²) >= 11 is 0. The fourth-order valence-electron chi connectivity index (χ4n) is 1.76. The van der Waals surface area contributed by atoms with Crippen molar-refractivity contribution in [2.75, 3.05) is 40.8 Å². The molecule has 0 fully saturated rings. The molecule has 0 saturated heterocycles. The summed E-state index contributed by atoms with van der Waals surface area (Å²) in [6.07, 6.45) is 0. The standard InChI is InChI=1S/C14H24FN3O2S/c1-5-16-11-12-6-7-14(13(15)10-12)21(19,20)18(4)9-8-17(2)3/h6-7,10,16H,5,8-9,11H2,1-4H3. The fraction of sp³-hybridized carbons (Fsp3) is 0.571. The molecule has 1 aromatic rings. The zero-order valence-electron chi connectivity index (χ0n) is 13.1. The maximum atomic E-state index is 14.1. The van der Waals surface area contributed by atoms with E-state index in [0.717, 1.165) is 12.1 Å². The van der Waals surface area contributed by atoms with E-state index in [0.29, 0.717) is 19.6 Å². The van der Waals surface area contributed by atoms with E-state index in [4.69, 9.17) is 0 Å². The highest BCUT2D eigenvalue weighted by molar-refractivity contribution is 7.89. The van der Waals surface area contributed by atoms with E-state index in [9.17, 15) is 12.8 Å². The molecule has 1 rings (SSSR count). The molecule has 0 spiro atoms. The van der Waals surface area contributed by atoms with Crippen molar-refractivity contribution in [3.05, 3.63) is 29.6 Å². The van der Waals surface area contributed by atoms with E-state index in [1.165, 1.54) is 23.5 Å². The van der Waals surface area contributed by atoms with Gasteiger partial charge in [0.15, 0.2) is 0 Å². The Morgan fingerprint density at radius 1 is 1.19 bits per heavy atom. The summed E-state index contributed by atoms with van der Waals surface area (Å²) in [4.78, 5) is 1.60. The lowest BCUT2D eigenvalue weighted by Crippen LogP contribution is -2.34. The van der Waals surface area contributed by atoms with Gasteiger partial charge >= 0.3 is 0 Å². The van der Waals surface area contributed by atoms with Gasteiger partial charge in [0.25, 0.3) is 0 Å². The van der Waals surface area contributed by atoms with Crippen LogP contribution in [0, 0.1) is 5.82 Å². The van der Waals surface area contributed by atoms with Gasteiger partial charge in [0.1, 0.15) is 10.7 Å². The molecule has 0 aromatic heterocycles. The minimum atomic E-state index is -3.79. The van der Waals surface area contributed by atoms with Crippen LogP contribution in [0.4, 0.5) is 4.39 Å². The molecule has 0 saturated carbocycles. The molecule has 5 nitrogen and oxygen atoms in total. The Labute approximate surface area is 126 Å². The van der Waals surface area contributed by atoms with Crippen molar-refractivity contribution in [1.82, 2.24) is 14.5 Å². The maximum Gasteiger partial charge on any atom is 0.245 e. The number of benzene rings is 1. The van der Waals surface area contributed by atoms with Crippen LogP contribution in [-0.4, -0.2) is 58.4 Å². The second-order valence-corrected chi connectivity index (χ2v) is 7.19. The van der Waals surface area contributed by atoms with Crippen molar-refractivity contribution in [3.8, 4) is 0 Å². The highest BCUT2D eigenvalue weighted by atomic mass is 32.2. The molecule has 0 radical (unpaired) electrons. The highest BCUT2D eigenvalue weighted by Gasteiger charge is 2.24. The Balaban J connectivity index is 2.92. The van der Waals surface area contributed by atoms with Crippen molar-refractivity contribution in [2.24, 2.45) is 0 Å². The largest absolute Gasteiger partial charge is 0.313 e. The van der Waals surface area contributed by atoms with Crippen LogP contribution in [0.1, 0.15) is 12.5 Å². The molecule has 0 aliphatic rings. The summed E-state index contributed by atoms with van der Waals surface area (Å²) in [7, 11) is 1.39. The van der Waals surface area contributed by atoms with Gasteiger partial charge in [0.2, 0.25) is 10.0 Å². The van der Waals surface area contributed by atoms with E-state index >= 15 is 0 Å². The number of halogens is 1. The third-order valence-electron chi connectivity index (χ3n) is 3.13. The van der Waals surface area contributed by atoms with Crippen molar-refractivity contribution in [1.29, 1.82) is 0 Å². The first-order valence-electron chi connectivity index (χ1n) is 6.89. The maximum absolute atomic E-state index is 14.1. The molecule has 0 amide bonds. The Morgan fingerprint density at radius 2 is 1.86 bits per heavy atom. The van der Waals surface area contributed by atoms with Crippen molar-refractivity contribution >= 4 is 10.0 Å². The van der Waals surface area contributed by atoms with Crippen LogP contribution in [0.25, 0.3) is 0 Å². The highest BCUT2D eigenvalue weighted by Crippen LogP contribution is 2.19. The molecule has 0 aliphatic heterocycles. The van der Waals surface area contributed by atoms with Crippen LogP contribution < -0.4 is 5.32 Å². The Kier molecular flexibility index (Phi) is 6.73. The molecule has 0 heterocycles. The van der Waals surface area contributed by atoms with Gasteiger partial charge in [-0.2, -0.15) is 4.31 Å². The molecule has 0 unspecified atom stereocenters. The zero-order valence-corrected chi connectivity index (χ0v) is 13.9. The zero-order chi connectivity index (χ0) is 16.0. The molecule has 21 heavy (non-hydrogen) atoms. The molecule has 1 N–H and O–H groups in total. The normalized spacial score (nSPS) is 12.3. The van der Waals surface area contributed by atoms with Gasteiger partial charge in [-0.15, -0.1) is 0 Å². The number of rotatable bonds is 8. The second kappa shape index (κ2) is 7.84. The lowest BCUT2D eigenvalue weighted by Gasteiger charge is -2.20. The minimum absolute atomic E-state index is 0.274. The monoisotopic (exact) mass is 317 g/mol. The minimum Gasteiger partial charge on any atom is -0.313 e. The smallest absolute Gasteiger partial charge is 0.245 e. The third-order valence-corrected chi connectivity index (χ3v) is 5.02. The van der Waals surface area contributed by atoms with E-state index in [1.54, 1.807) is 6.07 Å². The Morgan fingerprint density at radius 3 is 2.38 bits per heavy atom. The first-order valence-corrected chi connectivity index (χ1v) is 8.33. The summed E-state index contributed by atoms with van der Waals surface area (Å²) in [5.41, 5.74) is 0.726. The van der Waals surface area contributed by atoms with Crippen LogP contribution in [0.2, 0.25) is 0 Å². The predicted molar refractivity (Wildman–Crippen MR) is 82.2 cm³/mol. The number of likely N-dealkylation sites (N-methyl/N-ethyl adjacent to an activating group) is 2. The first-order chi connectivity index (χ1) is 9.78. The lowest BCUT2D eigenvalue weighted by molar-refractivity contribution is 0.357. The summed E-state index contributed by atoms with van der Waals surface area (Å²) in [5.74, 6) is -0.706. The van der Waals surface area contributed by atoms with Crippen LogP contribution in [0.15, 0.2) is 23.1 Å². The van der Waals surface area contributed by atoms with Crippen LogP contribution >= 0.6 is 0 Å². The topological polar surface area (TPSA) is 52.7 Å². The van der Waals surface area contributed by atoms with Crippen molar-refractivity contribution in [2.45, 2.75) is 18.4 Å². The molecule has 0 bridgehead atoms. The van der Waals surface area contributed by atoms with Gasteiger partial charge in [-0.3, -0.25) is 0 Å². The Hall–Kier alpha value is -1.02. The lowest BCUT2D eigenvalue weighted by atomic mass is 10.2. The van der Waals surface area contributed by atoms with Crippen LogP contribution in [0.3, 0.4) is 0 Å². The summed E-state index contributed by atoms with van der Waals surface area (Å²) in [6, 6.07) is 4.25. The third kappa shape index (κ3) is 5.03. The van der Waals surface area contributed by atoms with E-state index in [1.807, 2.05) is 25.9 Å². The van der Waals surface area contributed by atoms with E-state index in [-0.39, 0.29) is 4.90 Å². The van der Waals surface area contributed by atoms with E-state index in [2.05, 4.69) is 5.32 Å². The molecule has 1 aromatic carbocycles. The van der Waals surface area contributed by atoms with Crippen LogP contribution in [0.5, 0.6) is 0 Å². The average Bonchev–Trinajstić information content (AvgIpc) is 2.42. The second-order valence-electron chi connectivity index (χ2n) is 5.17. The number of nitrogens with one attached hydrogen (secondary N) is 1. The van der Waals surface area contributed by atoms with Gasteiger partial charge in [-0.25, -0.2) is 12.8 Å².